The lowest BCUT2D eigenvalue weighted by Gasteiger charge is -2.39. The van der Waals surface area contributed by atoms with Gasteiger partial charge in [0.15, 0.2) is 27.9 Å². The second kappa shape index (κ2) is 27.1. The van der Waals surface area contributed by atoms with Gasteiger partial charge in [0.25, 0.3) is 11.8 Å². The third kappa shape index (κ3) is 13.8. The molecule has 14 nitrogen and oxygen atoms in total. The Labute approximate surface area is 579 Å². The van der Waals surface area contributed by atoms with Crippen LogP contribution < -0.4 is 10.6 Å². The molecule has 0 aliphatic rings. The summed E-state index contributed by atoms with van der Waals surface area (Å²) in [7, 11) is -4.11. The first kappa shape index (κ1) is 69.3. The van der Waals surface area contributed by atoms with Crippen LogP contribution in [0.2, 0.25) is 36.3 Å². The molecule has 2 amide bonds. The Bertz CT molecular complexity index is 4550. The average Bonchev–Trinajstić information content (AvgIpc) is 1.70. The van der Waals surface area contributed by atoms with E-state index in [0.29, 0.717) is 73.6 Å². The van der Waals surface area contributed by atoms with Crippen molar-refractivity contribution in [3.05, 3.63) is 280 Å². The number of aromatic nitrogens is 8. The molecule has 12 rings (SSSR count). The fraction of sp³-hybridized carbons (Fsp3) is 0.278. The van der Waals surface area contributed by atoms with Crippen LogP contribution in [-0.4, -0.2) is 92.0 Å². The monoisotopic (exact) mass is 1390 g/mol. The fourth-order valence-electron chi connectivity index (χ4n) is 12.0. The van der Waals surface area contributed by atoms with E-state index in [-0.39, 0.29) is 27.7 Å². The number of rotatable bonds is 19. The molecular formula is C79H86BrFN10O4Si2. The van der Waals surface area contributed by atoms with Gasteiger partial charge in [0, 0.05) is 17.8 Å². The van der Waals surface area contributed by atoms with Crippen molar-refractivity contribution >= 4 is 77.6 Å². The Morgan fingerprint density at radius 1 is 0.495 bits per heavy atom. The highest BCUT2D eigenvalue weighted by Crippen LogP contribution is 2.46. The minimum absolute atomic E-state index is 0.0182. The minimum atomic E-state index is -2.10. The van der Waals surface area contributed by atoms with E-state index in [1.165, 1.54) is 12.1 Å². The van der Waals surface area contributed by atoms with E-state index in [2.05, 4.69) is 186 Å². The second-order valence-electron chi connectivity index (χ2n) is 29.3. The molecule has 5 aromatic heterocycles. The first-order valence-corrected chi connectivity index (χ1v) is 39.4. The molecule has 97 heavy (non-hydrogen) atoms. The van der Waals surface area contributed by atoms with E-state index in [1.807, 2.05) is 149 Å². The van der Waals surface area contributed by atoms with E-state index >= 15 is 0 Å². The molecule has 0 radical (unpaired) electrons. The Morgan fingerprint density at radius 3 is 1.19 bits per heavy atom. The van der Waals surface area contributed by atoms with Gasteiger partial charge in [-0.2, -0.15) is 5.10 Å². The van der Waals surface area contributed by atoms with Gasteiger partial charge in [-0.1, -0.05) is 224 Å². The van der Waals surface area contributed by atoms with Crippen LogP contribution in [0.25, 0.3) is 44.6 Å². The van der Waals surface area contributed by atoms with Crippen LogP contribution in [-0.2, 0) is 19.9 Å². The summed E-state index contributed by atoms with van der Waals surface area (Å²) < 4.78 is 32.0. The number of carbonyl (C=O) groups excluding carboxylic acids is 2. The smallest absolute Gasteiger partial charge is 0.255 e. The first-order valence-electron chi connectivity index (χ1n) is 32.8. The number of benzene rings is 7. The van der Waals surface area contributed by atoms with Gasteiger partial charge in [-0.15, -0.1) is 0 Å². The molecule has 0 unspecified atom stereocenters. The number of hydrogen-bond donors (Lipinski definition) is 3. The molecule has 0 spiro atoms. The van der Waals surface area contributed by atoms with Gasteiger partial charge in [0.2, 0.25) is 0 Å². The van der Waals surface area contributed by atoms with Crippen LogP contribution in [0.15, 0.2) is 230 Å². The summed E-state index contributed by atoms with van der Waals surface area (Å²) in [5.74, 6) is -0.904. The number of amides is 2. The van der Waals surface area contributed by atoms with Crippen LogP contribution in [0.3, 0.4) is 0 Å². The summed E-state index contributed by atoms with van der Waals surface area (Å²) >= 11 is 3.51. The largest absolute Gasteiger partial charge is 0.414 e. The third-order valence-corrected chi connectivity index (χ3v) is 28.5. The number of aromatic amines is 1. The predicted octanol–water partition coefficient (Wildman–Crippen LogP) is 18.0. The molecule has 498 valence electrons. The van der Waals surface area contributed by atoms with Crippen molar-refractivity contribution < 1.29 is 22.8 Å². The molecule has 0 fully saturated rings. The van der Waals surface area contributed by atoms with Crippen molar-refractivity contribution in [2.24, 2.45) is 0 Å². The molecule has 7 aromatic carbocycles. The van der Waals surface area contributed by atoms with Crippen molar-refractivity contribution in [1.29, 1.82) is 0 Å². The van der Waals surface area contributed by atoms with Crippen LogP contribution in [0, 0.1) is 5.82 Å². The quantitative estimate of drug-likeness (QED) is 0.0527. The SMILES string of the molecule is CC(C)(CO[Si](C)(C)C(C)(C)C)NC(=O)c1cn(C(c2ccccc2)(c2ccccc2)c2ccccc2)c2ncc(-c3n[nH]c4cc(F)ccc34)nc12.CC(C)(CO[Si](C)(C)C(C)(C)C)NC(=O)c1cn(C(c2ccccc2)(c2ccccc2)c2ccccc2)c2ncc(Br)nc12. The van der Waals surface area contributed by atoms with Crippen molar-refractivity contribution in [2.75, 3.05) is 13.2 Å². The van der Waals surface area contributed by atoms with E-state index in [4.69, 9.17) is 28.8 Å². The Kier molecular flexibility index (Phi) is 19.4. The van der Waals surface area contributed by atoms with Gasteiger partial charge in [0.05, 0.1) is 53.3 Å². The summed E-state index contributed by atoms with van der Waals surface area (Å²) in [4.78, 5) is 48.8. The molecule has 0 aliphatic carbocycles. The number of fused-ring (bicyclic) bond motifs is 3. The minimum Gasteiger partial charge on any atom is -0.414 e. The highest BCUT2D eigenvalue weighted by molar-refractivity contribution is 9.10. The molecule has 0 bridgehead atoms. The molecule has 0 saturated heterocycles. The summed E-state index contributed by atoms with van der Waals surface area (Å²) in [5.41, 5.74) is 7.28. The molecular weight excluding hydrogens is 1310 g/mol. The lowest BCUT2D eigenvalue weighted by atomic mass is 9.76. The molecule has 0 saturated carbocycles. The van der Waals surface area contributed by atoms with E-state index in [9.17, 15) is 14.0 Å². The molecule has 18 heteroatoms. The highest BCUT2D eigenvalue weighted by atomic mass is 79.9. The number of nitrogens with zero attached hydrogens (tertiary/aromatic N) is 7. The maximum atomic E-state index is 14.7. The number of halogens is 2. The third-order valence-electron chi connectivity index (χ3n) is 19.2. The zero-order chi connectivity index (χ0) is 69.3. The van der Waals surface area contributed by atoms with Crippen molar-refractivity contribution in [2.45, 2.75) is 128 Å². The van der Waals surface area contributed by atoms with Crippen molar-refractivity contribution in [3.8, 4) is 11.4 Å². The number of nitrogens with one attached hydrogen (secondary N) is 3. The average molecular weight is 1390 g/mol. The molecule has 3 N–H and O–H groups in total. The predicted molar refractivity (Wildman–Crippen MR) is 396 cm³/mol. The molecule has 5 heterocycles. The van der Waals surface area contributed by atoms with E-state index in [1.54, 1.807) is 18.5 Å². The van der Waals surface area contributed by atoms with Gasteiger partial charge in [-0.25, -0.2) is 24.3 Å². The summed E-state index contributed by atoms with van der Waals surface area (Å²) in [6.45, 7) is 30.8. The van der Waals surface area contributed by atoms with Gasteiger partial charge in [-0.3, -0.25) is 14.7 Å². The van der Waals surface area contributed by atoms with Gasteiger partial charge in [0.1, 0.15) is 43.9 Å². The normalized spacial score (nSPS) is 12.8. The highest BCUT2D eigenvalue weighted by Gasteiger charge is 2.45. The van der Waals surface area contributed by atoms with Gasteiger partial charge < -0.3 is 28.6 Å². The van der Waals surface area contributed by atoms with Crippen LogP contribution in [0.5, 0.6) is 0 Å². The van der Waals surface area contributed by atoms with Crippen molar-refractivity contribution in [1.82, 2.24) is 49.9 Å². The Hall–Kier alpha value is -9.05. The number of carbonyl (C=O) groups is 2. The standard InChI is InChI=1S/C43H45FN6O2Si.C36H41BrN4O2Si/c1-41(2,3)53(6,7)52-28-42(4,5)47-40(51)34-27-50(39-38(34)46-36(26-45-39)37-33-24-23-32(44)25-35(33)48-49-37)43(29-17-11-8-12-18-29,30-19-13-9-14-20-30)31-21-15-10-16-22-31;1-34(2,3)44(6,7)43-25-35(4,5)40-33(42)29-24-41(32-31(29)39-30(37)23-38-32)36(26-17-11-8-12-18-26,27-19-13-9-14-20-27)28-21-15-10-16-22-28/h8-27H,28H2,1-7H3,(H,47,51)(H,48,49);8-24H,25H2,1-7H3,(H,40,42). The fourth-order valence-corrected chi connectivity index (χ4v) is 14.6. The maximum Gasteiger partial charge on any atom is 0.255 e. The van der Waals surface area contributed by atoms with E-state index < -0.39 is 38.8 Å². The molecule has 0 aliphatic heterocycles. The van der Waals surface area contributed by atoms with Crippen molar-refractivity contribution in [3.63, 3.8) is 0 Å². The second-order valence-corrected chi connectivity index (χ2v) is 39.7. The van der Waals surface area contributed by atoms with Crippen LogP contribution in [0.4, 0.5) is 4.39 Å². The summed E-state index contributed by atoms with van der Waals surface area (Å²) in [6.07, 6.45) is 7.13. The van der Waals surface area contributed by atoms with E-state index in [0.717, 1.165) is 33.4 Å². The van der Waals surface area contributed by atoms with Gasteiger partial charge in [-0.05, 0) is 131 Å². The summed E-state index contributed by atoms with van der Waals surface area (Å²) in [5, 5.41) is 14.7. The van der Waals surface area contributed by atoms with Crippen LogP contribution >= 0.6 is 15.9 Å². The Morgan fingerprint density at radius 2 is 0.835 bits per heavy atom. The zero-order valence-corrected chi connectivity index (χ0v) is 61.4. The molecule has 0 atom stereocenters. The number of hydrogen-bond acceptors (Lipinski definition) is 9. The lowest BCUT2D eigenvalue weighted by Crippen LogP contribution is -2.51. The zero-order valence-electron chi connectivity index (χ0n) is 57.8. The summed E-state index contributed by atoms with van der Waals surface area (Å²) in [6, 6.07) is 66.3. The lowest BCUT2D eigenvalue weighted by molar-refractivity contribution is 0.0867. The number of H-pyrrole nitrogens is 1. The Balaban J connectivity index is 0.000000200. The van der Waals surface area contributed by atoms with Gasteiger partial charge >= 0.3 is 0 Å². The maximum absolute atomic E-state index is 14.7. The van der Waals surface area contributed by atoms with Crippen LogP contribution in [0.1, 0.15) is 123 Å². The molecule has 12 aromatic rings. The first-order chi connectivity index (χ1) is 46.0. The topological polar surface area (TPSA) is 167 Å².